The van der Waals surface area contributed by atoms with Gasteiger partial charge in [-0.25, -0.2) is 4.98 Å². The van der Waals surface area contributed by atoms with Gasteiger partial charge in [0.2, 0.25) is 0 Å². The van der Waals surface area contributed by atoms with Crippen LogP contribution in [0.25, 0.3) is 0 Å². The van der Waals surface area contributed by atoms with Gasteiger partial charge in [-0.05, 0) is 46.5 Å². The summed E-state index contributed by atoms with van der Waals surface area (Å²) in [6.45, 7) is 8.17. The normalized spacial score (nSPS) is 29.8. The predicted molar refractivity (Wildman–Crippen MR) is 85.7 cm³/mol. The Bertz CT molecular complexity index is 520. The number of aryl methyl sites for hydroxylation is 1. The van der Waals surface area contributed by atoms with Crippen molar-refractivity contribution in [1.29, 1.82) is 0 Å². The Kier molecular flexibility index (Phi) is 4.43. The third-order valence-corrected chi connectivity index (χ3v) is 5.13. The Balaban J connectivity index is 1.70. The van der Waals surface area contributed by atoms with E-state index >= 15 is 0 Å². The summed E-state index contributed by atoms with van der Waals surface area (Å²) in [7, 11) is 0. The highest BCUT2D eigenvalue weighted by Gasteiger charge is 2.36. The minimum atomic E-state index is 0.0247. The molecule has 22 heavy (non-hydrogen) atoms. The molecular weight excluding hydrogens is 276 g/mol. The Labute approximate surface area is 132 Å². The van der Waals surface area contributed by atoms with Crippen LogP contribution in [0, 0.1) is 6.92 Å². The summed E-state index contributed by atoms with van der Waals surface area (Å²) < 4.78 is 0. The van der Waals surface area contributed by atoms with Gasteiger partial charge in [0.15, 0.2) is 0 Å². The molecule has 2 aliphatic heterocycles. The van der Waals surface area contributed by atoms with Crippen molar-refractivity contribution >= 4 is 5.91 Å². The monoisotopic (exact) mass is 302 g/mol. The number of hydrogen-bond donors (Lipinski definition) is 0. The standard InChI is InChI=1S/C17H26N4O/c1-12-9-19-16(10-18-12)17(22)20-8-4-5-15(11-20)21-13(2)6-7-14(21)3/h9-10,13-15H,4-8,11H2,1-3H3. The van der Waals surface area contributed by atoms with E-state index in [-0.39, 0.29) is 5.91 Å². The zero-order valence-corrected chi connectivity index (χ0v) is 13.8. The number of rotatable bonds is 2. The number of hydrogen-bond acceptors (Lipinski definition) is 4. The molecule has 0 spiro atoms. The number of nitrogens with zero attached hydrogens (tertiary/aromatic N) is 4. The Morgan fingerprint density at radius 3 is 2.50 bits per heavy atom. The van der Waals surface area contributed by atoms with Gasteiger partial charge >= 0.3 is 0 Å². The van der Waals surface area contributed by atoms with Gasteiger partial charge in [-0.15, -0.1) is 0 Å². The minimum Gasteiger partial charge on any atom is -0.336 e. The molecule has 3 heterocycles. The first-order chi connectivity index (χ1) is 10.6. The molecule has 2 fully saturated rings. The van der Waals surface area contributed by atoms with Crippen LogP contribution in [0.4, 0.5) is 0 Å². The molecule has 1 aromatic heterocycles. The average molecular weight is 302 g/mol. The Hall–Kier alpha value is -1.49. The van der Waals surface area contributed by atoms with Crippen molar-refractivity contribution in [3.8, 4) is 0 Å². The Morgan fingerprint density at radius 1 is 1.14 bits per heavy atom. The maximum atomic E-state index is 12.6. The van der Waals surface area contributed by atoms with Gasteiger partial charge in [0, 0.05) is 37.4 Å². The highest BCUT2D eigenvalue weighted by Crippen LogP contribution is 2.30. The third-order valence-electron chi connectivity index (χ3n) is 5.13. The lowest BCUT2D eigenvalue weighted by Crippen LogP contribution is -2.52. The second kappa shape index (κ2) is 6.32. The van der Waals surface area contributed by atoms with Crippen molar-refractivity contribution in [2.24, 2.45) is 0 Å². The molecule has 5 heteroatoms. The molecular formula is C17H26N4O. The topological polar surface area (TPSA) is 49.3 Å². The molecule has 0 aliphatic carbocycles. The molecule has 3 atom stereocenters. The average Bonchev–Trinajstić information content (AvgIpc) is 2.86. The molecule has 3 rings (SSSR count). The van der Waals surface area contributed by atoms with Gasteiger partial charge in [0.1, 0.15) is 5.69 Å². The highest BCUT2D eigenvalue weighted by atomic mass is 16.2. The molecule has 5 nitrogen and oxygen atoms in total. The van der Waals surface area contributed by atoms with E-state index in [2.05, 4.69) is 28.7 Å². The predicted octanol–water partition coefficient (Wildman–Crippen LogP) is 2.26. The molecule has 0 radical (unpaired) electrons. The quantitative estimate of drug-likeness (QED) is 0.841. The van der Waals surface area contributed by atoms with Crippen LogP contribution >= 0.6 is 0 Å². The zero-order valence-electron chi connectivity index (χ0n) is 13.8. The van der Waals surface area contributed by atoms with Gasteiger partial charge in [-0.2, -0.15) is 0 Å². The fraction of sp³-hybridized carbons (Fsp3) is 0.706. The zero-order chi connectivity index (χ0) is 15.7. The van der Waals surface area contributed by atoms with Crippen LogP contribution in [0.5, 0.6) is 0 Å². The van der Waals surface area contributed by atoms with E-state index in [1.807, 2.05) is 11.8 Å². The number of piperidine rings is 1. The van der Waals surface area contributed by atoms with Gasteiger partial charge in [-0.3, -0.25) is 14.7 Å². The summed E-state index contributed by atoms with van der Waals surface area (Å²) in [5, 5.41) is 0. The summed E-state index contributed by atoms with van der Waals surface area (Å²) in [5.41, 5.74) is 1.31. The van der Waals surface area contributed by atoms with Crippen molar-refractivity contribution in [3.05, 3.63) is 23.8 Å². The van der Waals surface area contributed by atoms with Crippen molar-refractivity contribution in [2.45, 2.75) is 64.6 Å². The van der Waals surface area contributed by atoms with E-state index in [1.165, 1.54) is 19.3 Å². The lowest BCUT2D eigenvalue weighted by molar-refractivity contribution is 0.0482. The number of aromatic nitrogens is 2. The summed E-state index contributed by atoms with van der Waals surface area (Å²) in [6, 6.07) is 1.76. The second-order valence-electron chi connectivity index (χ2n) is 6.81. The number of amides is 1. The summed E-state index contributed by atoms with van der Waals surface area (Å²) >= 11 is 0. The first-order valence-electron chi connectivity index (χ1n) is 8.41. The van der Waals surface area contributed by atoms with Crippen LogP contribution in [0.3, 0.4) is 0 Å². The van der Waals surface area contributed by atoms with E-state index < -0.39 is 0 Å². The van der Waals surface area contributed by atoms with Crippen LogP contribution < -0.4 is 0 Å². The van der Waals surface area contributed by atoms with Crippen LogP contribution in [0.1, 0.15) is 55.7 Å². The molecule has 2 saturated heterocycles. The van der Waals surface area contributed by atoms with E-state index in [4.69, 9.17) is 0 Å². The SMILES string of the molecule is Cc1cnc(C(=O)N2CCCC(N3C(C)CCC3C)C2)cn1. The fourth-order valence-corrected chi connectivity index (χ4v) is 3.98. The third kappa shape index (κ3) is 3.00. The van der Waals surface area contributed by atoms with Crippen molar-refractivity contribution < 1.29 is 4.79 Å². The first kappa shape index (κ1) is 15.4. The molecule has 120 valence electrons. The van der Waals surface area contributed by atoms with E-state index in [0.29, 0.717) is 23.8 Å². The van der Waals surface area contributed by atoms with Crippen LogP contribution in [0.2, 0.25) is 0 Å². The molecule has 1 aromatic rings. The smallest absolute Gasteiger partial charge is 0.274 e. The minimum absolute atomic E-state index is 0.0247. The van der Waals surface area contributed by atoms with Crippen LogP contribution in [-0.2, 0) is 0 Å². The van der Waals surface area contributed by atoms with Gasteiger partial charge in [0.05, 0.1) is 11.9 Å². The van der Waals surface area contributed by atoms with Gasteiger partial charge in [-0.1, -0.05) is 0 Å². The molecule has 0 N–H and O–H groups in total. The maximum absolute atomic E-state index is 12.6. The van der Waals surface area contributed by atoms with Crippen LogP contribution in [-0.4, -0.2) is 56.9 Å². The highest BCUT2D eigenvalue weighted by molar-refractivity contribution is 5.92. The molecule has 2 aliphatic rings. The van der Waals surface area contributed by atoms with Crippen molar-refractivity contribution in [2.75, 3.05) is 13.1 Å². The summed E-state index contributed by atoms with van der Waals surface area (Å²) in [6.07, 6.45) is 8.08. The van der Waals surface area contributed by atoms with E-state index in [1.54, 1.807) is 12.4 Å². The Morgan fingerprint density at radius 2 is 1.86 bits per heavy atom. The molecule has 0 bridgehead atoms. The summed E-state index contributed by atoms with van der Waals surface area (Å²) in [5.74, 6) is 0.0247. The molecule has 1 amide bonds. The number of likely N-dealkylation sites (tertiary alicyclic amines) is 2. The number of carbonyl (C=O) groups is 1. The first-order valence-corrected chi connectivity index (χ1v) is 8.41. The van der Waals surface area contributed by atoms with E-state index in [9.17, 15) is 4.79 Å². The van der Waals surface area contributed by atoms with Crippen molar-refractivity contribution in [3.63, 3.8) is 0 Å². The number of carbonyl (C=O) groups excluding carboxylic acids is 1. The largest absolute Gasteiger partial charge is 0.336 e. The van der Waals surface area contributed by atoms with Crippen molar-refractivity contribution in [1.82, 2.24) is 19.8 Å². The fourth-order valence-electron chi connectivity index (χ4n) is 3.98. The molecule has 3 unspecified atom stereocenters. The lowest BCUT2D eigenvalue weighted by Gasteiger charge is -2.41. The van der Waals surface area contributed by atoms with Gasteiger partial charge < -0.3 is 4.90 Å². The molecule has 0 aromatic carbocycles. The van der Waals surface area contributed by atoms with Gasteiger partial charge in [0.25, 0.3) is 5.91 Å². The maximum Gasteiger partial charge on any atom is 0.274 e. The van der Waals surface area contributed by atoms with Crippen LogP contribution in [0.15, 0.2) is 12.4 Å². The lowest BCUT2D eigenvalue weighted by atomic mass is 10.0. The summed E-state index contributed by atoms with van der Waals surface area (Å²) in [4.78, 5) is 25.7. The van der Waals surface area contributed by atoms with E-state index in [0.717, 1.165) is 25.2 Å². The second-order valence-corrected chi connectivity index (χ2v) is 6.81. The molecule has 0 saturated carbocycles.